The zero-order valence-electron chi connectivity index (χ0n) is 13.6. The van der Waals surface area contributed by atoms with E-state index < -0.39 is 0 Å². The van der Waals surface area contributed by atoms with Gasteiger partial charge in [0.25, 0.3) is 0 Å². The van der Waals surface area contributed by atoms with E-state index in [2.05, 4.69) is 44.3 Å². The van der Waals surface area contributed by atoms with E-state index in [9.17, 15) is 0 Å². The highest BCUT2D eigenvalue weighted by molar-refractivity contribution is 5.68. The predicted molar refractivity (Wildman–Crippen MR) is 92.8 cm³/mol. The number of aryl methyl sites for hydroxylation is 1. The Hall–Kier alpha value is -2.73. The number of nitrogens with one attached hydrogen (secondary N) is 1. The van der Waals surface area contributed by atoms with Crippen molar-refractivity contribution < 1.29 is 4.74 Å². The molecule has 0 atom stereocenters. The van der Waals surface area contributed by atoms with Crippen LogP contribution in [0.2, 0.25) is 0 Å². The number of nitrogens with zero attached hydrogens (tertiary/aromatic N) is 4. The van der Waals surface area contributed by atoms with Crippen LogP contribution in [0.5, 0.6) is 0 Å². The van der Waals surface area contributed by atoms with Gasteiger partial charge in [0.15, 0.2) is 0 Å². The molecule has 1 aliphatic rings. The van der Waals surface area contributed by atoms with Gasteiger partial charge in [-0.1, -0.05) is 24.3 Å². The highest BCUT2D eigenvalue weighted by Gasteiger charge is 2.15. The molecule has 3 aromatic rings. The topological polar surface area (TPSA) is 66.9 Å². The lowest BCUT2D eigenvalue weighted by atomic mass is 10.1. The SMILES string of the molecule is Cc1cc(-c2ccc(-c3cn[nH]c3)cc2)nc(N2CCOCC2)n1. The maximum atomic E-state index is 5.41. The van der Waals surface area contributed by atoms with Gasteiger partial charge in [-0.15, -0.1) is 0 Å². The van der Waals surface area contributed by atoms with Crippen molar-refractivity contribution in [3.05, 3.63) is 48.4 Å². The van der Waals surface area contributed by atoms with Crippen LogP contribution in [0, 0.1) is 6.92 Å². The Balaban J connectivity index is 1.64. The number of rotatable bonds is 3. The van der Waals surface area contributed by atoms with Gasteiger partial charge >= 0.3 is 0 Å². The van der Waals surface area contributed by atoms with Crippen LogP contribution in [0.4, 0.5) is 5.95 Å². The Morgan fingerprint density at radius 2 is 1.75 bits per heavy atom. The normalized spacial score (nSPS) is 14.8. The first-order valence-electron chi connectivity index (χ1n) is 8.07. The Labute approximate surface area is 140 Å². The number of H-pyrrole nitrogens is 1. The van der Waals surface area contributed by atoms with Crippen molar-refractivity contribution in [1.82, 2.24) is 20.2 Å². The number of hydrogen-bond donors (Lipinski definition) is 1. The molecule has 0 amide bonds. The number of morpholine rings is 1. The van der Waals surface area contributed by atoms with E-state index in [0.29, 0.717) is 0 Å². The van der Waals surface area contributed by atoms with Gasteiger partial charge in [0.05, 0.1) is 25.1 Å². The van der Waals surface area contributed by atoms with Crippen LogP contribution in [0.1, 0.15) is 5.69 Å². The third kappa shape index (κ3) is 3.00. The molecule has 2 aromatic heterocycles. The minimum Gasteiger partial charge on any atom is -0.378 e. The molecular weight excluding hydrogens is 302 g/mol. The maximum Gasteiger partial charge on any atom is 0.226 e. The number of aromatic nitrogens is 4. The van der Waals surface area contributed by atoms with Crippen LogP contribution in [-0.4, -0.2) is 46.5 Å². The number of ether oxygens (including phenoxy) is 1. The molecule has 0 unspecified atom stereocenters. The van der Waals surface area contributed by atoms with Crippen LogP contribution in [-0.2, 0) is 4.74 Å². The molecule has 6 nitrogen and oxygen atoms in total. The standard InChI is InChI=1S/C18H19N5O/c1-13-10-17(22-18(21-13)23-6-8-24-9-7-23)15-4-2-14(3-5-15)16-11-19-20-12-16/h2-5,10-12H,6-9H2,1H3,(H,19,20). The van der Waals surface area contributed by atoms with Gasteiger partial charge in [-0.2, -0.15) is 5.10 Å². The lowest BCUT2D eigenvalue weighted by Gasteiger charge is -2.27. The summed E-state index contributed by atoms with van der Waals surface area (Å²) in [6.45, 7) is 5.14. The molecule has 4 rings (SSSR count). The van der Waals surface area contributed by atoms with Crippen molar-refractivity contribution in [2.75, 3.05) is 31.2 Å². The summed E-state index contributed by atoms with van der Waals surface area (Å²) in [5.74, 6) is 0.784. The quantitative estimate of drug-likeness (QED) is 0.803. The van der Waals surface area contributed by atoms with Gasteiger partial charge in [0.1, 0.15) is 0 Å². The maximum absolute atomic E-state index is 5.41. The van der Waals surface area contributed by atoms with Gasteiger partial charge in [0, 0.05) is 36.1 Å². The van der Waals surface area contributed by atoms with E-state index in [1.165, 1.54) is 0 Å². The van der Waals surface area contributed by atoms with Crippen molar-refractivity contribution in [3.8, 4) is 22.4 Å². The van der Waals surface area contributed by atoms with Gasteiger partial charge in [-0.25, -0.2) is 9.97 Å². The molecule has 3 heterocycles. The fraction of sp³-hybridized carbons (Fsp3) is 0.278. The van der Waals surface area contributed by atoms with Crippen molar-refractivity contribution in [1.29, 1.82) is 0 Å². The number of aromatic amines is 1. The second-order valence-electron chi connectivity index (χ2n) is 5.86. The lowest BCUT2D eigenvalue weighted by molar-refractivity contribution is 0.122. The van der Waals surface area contributed by atoms with Crippen LogP contribution in [0.3, 0.4) is 0 Å². The van der Waals surface area contributed by atoms with Crippen LogP contribution < -0.4 is 4.90 Å². The van der Waals surface area contributed by atoms with Gasteiger partial charge in [-0.05, 0) is 18.6 Å². The molecule has 0 saturated carbocycles. The summed E-state index contributed by atoms with van der Waals surface area (Å²) >= 11 is 0. The summed E-state index contributed by atoms with van der Waals surface area (Å²) in [5, 5.41) is 6.83. The Kier molecular flexibility index (Phi) is 3.96. The molecule has 1 fully saturated rings. The molecule has 24 heavy (non-hydrogen) atoms. The van der Waals surface area contributed by atoms with Crippen molar-refractivity contribution >= 4 is 5.95 Å². The Morgan fingerprint density at radius 1 is 1.00 bits per heavy atom. The van der Waals surface area contributed by atoms with E-state index in [1.807, 2.05) is 25.4 Å². The molecule has 1 aliphatic heterocycles. The molecular formula is C18H19N5O. The Morgan fingerprint density at radius 3 is 2.46 bits per heavy atom. The van der Waals surface area contributed by atoms with Gasteiger partial charge < -0.3 is 9.64 Å². The predicted octanol–water partition coefficient (Wildman–Crippen LogP) is 2.68. The van der Waals surface area contributed by atoms with E-state index in [1.54, 1.807) is 0 Å². The number of hydrogen-bond acceptors (Lipinski definition) is 5. The molecule has 122 valence electrons. The molecule has 0 spiro atoms. The Bertz CT molecular complexity index is 808. The largest absolute Gasteiger partial charge is 0.378 e. The lowest BCUT2D eigenvalue weighted by Crippen LogP contribution is -2.37. The molecule has 0 bridgehead atoms. The summed E-state index contributed by atoms with van der Waals surface area (Å²) in [7, 11) is 0. The molecule has 6 heteroatoms. The highest BCUT2D eigenvalue weighted by Crippen LogP contribution is 2.25. The first-order valence-corrected chi connectivity index (χ1v) is 8.07. The van der Waals surface area contributed by atoms with Gasteiger partial charge in [0.2, 0.25) is 5.95 Å². The smallest absolute Gasteiger partial charge is 0.226 e. The van der Waals surface area contributed by atoms with Crippen LogP contribution >= 0.6 is 0 Å². The fourth-order valence-electron chi connectivity index (χ4n) is 2.85. The van der Waals surface area contributed by atoms with Crippen LogP contribution in [0.25, 0.3) is 22.4 Å². The summed E-state index contributed by atoms with van der Waals surface area (Å²) < 4.78 is 5.41. The zero-order chi connectivity index (χ0) is 16.4. The second kappa shape index (κ2) is 6.41. The highest BCUT2D eigenvalue weighted by atomic mass is 16.5. The summed E-state index contributed by atoms with van der Waals surface area (Å²) in [6, 6.07) is 10.4. The first-order chi connectivity index (χ1) is 11.8. The van der Waals surface area contributed by atoms with Crippen LogP contribution in [0.15, 0.2) is 42.7 Å². The zero-order valence-corrected chi connectivity index (χ0v) is 13.6. The third-order valence-corrected chi connectivity index (χ3v) is 4.15. The van der Waals surface area contributed by atoms with Gasteiger partial charge in [-0.3, -0.25) is 5.10 Å². The third-order valence-electron chi connectivity index (χ3n) is 4.15. The van der Waals surface area contributed by atoms with E-state index in [-0.39, 0.29) is 0 Å². The minimum atomic E-state index is 0.728. The average molecular weight is 321 g/mol. The summed E-state index contributed by atoms with van der Waals surface area (Å²) in [4.78, 5) is 11.5. The number of benzene rings is 1. The molecule has 1 aromatic carbocycles. The summed E-state index contributed by atoms with van der Waals surface area (Å²) in [5.41, 5.74) is 5.21. The monoisotopic (exact) mass is 321 g/mol. The molecule has 0 aliphatic carbocycles. The molecule has 0 radical (unpaired) electrons. The van der Waals surface area contributed by atoms with Crippen molar-refractivity contribution in [2.24, 2.45) is 0 Å². The first kappa shape index (κ1) is 14.8. The van der Waals surface area contributed by atoms with E-state index in [0.717, 1.165) is 60.3 Å². The molecule has 1 saturated heterocycles. The van der Waals surface area contributed by atoms with Crippen molar-refractivity contribution in [3.63, 3.8) is 0 Å². The number of anilines is 1. The van der Waals surface area contributed by atoms with E-state index in [4.69, 9.17) is 9.72 Å². The average Bonchev–Trinajstić information content (AvgIpc) is 3.17. The summed E-state index contributed by atoms with van der Waals surface area (Å²) in [6.07, 6.45) is 3.71. The molecule has 1 N–H and O–H groups in total. The van der Waals surface area contributed by atoms with E-state index >= 15 is 0 Å². The second-order valence-corrected chi connectivity index (χ2v) is 5.86. The van der Waals surface area contributed by atoms with Crippen molar-refractivity contribution in [2.45, 2.75) is 6.92 Å². The minimum absolute atomic E-state index is 0.728. The fourth-order valence-corrected chi connectivity index (χ4v) is 2.85.